The van der Waals surface area contributed by atoms with E-state index in [1.807, 2.05) is 18.7 Å². The maximum atomic E-state index is 12.2. The summed E-state index contributed by atoms with van der Waals surface area (Å²) in [7, 11) is 0. The molecule has 5 nitrogen and oxygen atoms in total. The molecule has 20 heavy (non-hydrogen) atoms. The fourth-order valence-corrected chi connectivity index (χ4v) is 2.97. The van der Waals surface area contributed by atoms with Crippen LogP contribution in [0.5, 0.6) is 0 Å². The number of carboxylic acid groups (broad SMARTS) is 1. The van der Waals surface area contributed by atoms with E-state index in [-0.39, 0.29) is 16.4 Å². The number of rotatable bonds is 7. The number of amides is 1. The molecule has 0 aromatic rings. The molecule has 1 rings (SSSR count). The molecule has 1 fully saturated rings. The van der Waals surface area contributed by atoms with Crippen molar-refractivity contribution in [1.82, 2.24) is 9.80 Å². The second kappa shape index (κ2) is 7.88. The van der Waals surface area contributed by atoms with Crippen LogP contribution >= 0.6 is 11.8 Å². The van der Waals surface area contributed by atoms with E-state index in [9.17, 15) is 9.59 Å². The van der Waals surface area contributed by atoms with Gasteiger partial charge in [-0.3, -0.25) is 9.59 Å². The molecule has 6 heteroatoms. The molecule has 116 valence electrons. The van der Waals surface area contributed by atoms with E-state index in [1.165, 1.54) is 11.8 Å². The molecule has 0 aromatic carbocycles. The summed E-state index contributed by atoms with van der Waals surface area (Å²) in [6.45, 7) is 10.7. The molecule has 0 spiro atoms. The Hall–Kier alpha value is -0.750. The number of nitrogens with zero attached hydrogens (tertiary/aromatic N) is 2. The van der Waals surface area contributed by atoms with Crippen molar-refractivity contribution in [2.24, 2.45) is 0 Å². The van der Waals surface area contributed by atoms with Crippen molar-refractivity contribution in [3.8, 4) is 0 Å². The van der Waals surface area contributed by atoms with Crippen LogP contribution in [0.4, 0.5) is 0 Å². The first-order chi connectivity index (χ1) is 9.34. The molecule has 1 saturated heterocycles. The fourth-order valence-electron chi connectivity index (χ4n) is 2.21. The fraction of sp³-hybridized carbons (Fsp3) is 0.857. The standard InChI is InChI=1S/C14H26N2O3S/c1-4-15-7-9-16(10-8-15)12(17)5-6-14(2,3)20-11-13(18)19/h4-11H2,1-3H3,(H,18,19). The molecule has 0 radical (unpaired) electrons. The molecule has 1 amide bonds. The van der Waals surface area contributed by atoms with Crippen molar-refractivity contribution < 1.29 is 14.7 Å². The third kappa shape index (κ3) is 6.13. The first-order valence-corrected chi connectivity index (χ1v) is 8.18. The topological polar surface area (TPSA) is 60.9 Å². The van der Waals surface area contributed by atoms with Gasteiger partial charge in [0.05, 0.1) is 5.75 Å². The van der Waals surface area contributed by atoms with Crippen molar-refractivity contribution in [3.05, 3.63) is 0 Å². The van der Waals surface area contributed by atoms with E-state index in [2.05, 4.69) is 11.8 Å². The quantitative estimate of drug-likeness (QED) is 0.773. The lowest BCUT2D eigenvalue weighted by atomic mass is 10.1. The Morgan fingerprint density at radius 3 is 2.30 bits per heavy atom. The molecular weight excluding hydrogens is 276 g/mol. The van der Waals surface area contributed by atoms with Gasteiger partial charge in [0, 0.05) is 37.3 Å². The van der Waals surface area contributed by atoms with Gasteiger partial charge in [-0.05, 0) is 13.0 Å². The van der Waals surface area contributed by atoms with E-state index in [0.717, 1.165) is 39.1 Å². The summed E-state index contributed by atoms with van der Waals surface area (Å²) >= 11 is 1.40. The summed E-state index contributed by atoms with van der Waals surface area (Å²) in [5.74, 6) is -0.508. The van der Waals surface area contributed by atoms with E-state index in [1.54, 1.807) is 0 Å². The second-order valence-electron chi connectivity index (χ2n) is 5.76. The van der Waals surface area contributed by atoms with Crippen LogP contribution in [0.15, 0.2) is 0 Å². The molecule has 0 saturated carbocycles. The zero-order chi connectivity index (χ0) is 15.2. The number of carboxylic acids is 1. The molecule has 0 unspecified atom stereocenters. The Bertz CT molecular complexity index is 339. The normalized spacial score (nSPS) is 17.2. The van der Waals surface area contributed by atoms with E-state index in [4.69, 9.17) is 5.11 Å². The van der Waals surface area contributed by atoms with Gasteiger partial charge in [0.25, 0.3) is 0 Å². The van der Waals surface area contributed by atoms with Crippen LogP contribution in [-0.2, 0) is 9.59 Å². The predicted molar refractivity (Wildman–Crippen MR) is 82.1 cm³/mol. The van der Waals surface area contributed by atoms with Crippen molar-refractivity contribution in [1.29, 1.82) is 0 Å². The van der Waals surface area contributed by atoms with Gasteiger partial charge in [-0.15, -0.1) is 11.8 Å². The summed E-state index contributed by atoms with van der Waals surface area (Å²) in [6, 6.07) is 0. The lowest BCUT2D eigenvalue weighted by Gasteiger charge is -2.34. The average Bonchev–Trinajstić information content (AvgIpc) is 2.43. The van der Waals surface area contributed by atoms with Gasteiger partial charge in [0.1, 0.15) is 0 Å². The minimum atomic E-state index is -0.801. The second-order valence-corrected chi connectivity index (χ2v) is 7.44. The third-order valence-corrected chi connectivity index (χ3v) is 5.08. The highest BCUT2D eigenvalue weighted by Crippen LogP contribution is 2.29. The van der Waals surface area contributed by atoms with Crippen molar-refractivity contribution in [3.63, 3.8) is 0 Å². The van der Waals surface area contributed by atoms with Crippen LogP contribution < -0.4 is 0 Å². The lowest BCUT2D eigenvalue weighted by molar-refractivity contribution is -0.134. The summed E-state index contributed by atoms with van der Waals surface area (Å²) in [6.07, 6.45) is 1.23. The molecule has 1 N–H and O–H groups in total. The molecule has 1 heterocycles. The summed E-state index contributed by atoms with van der Waals surface area (Å²) in [5, 5.41) is 8.71. The van der Waals surface area contributed by atoms with E-state index >= 15 is 0 Å². The minimum absolute atomic E-state index is 0.0936. The smallest absolute Gasteiger partial charge is 0.313 e. The van der Waals surface area contributed by atoms with Crippen molar-refractivity contribution >= 4 is 23.6 Å². The van der Waals surface area contributed by atoms with Gasteiger partial charge >= 0.3 is 5.97 Å². The number of likely N-dealkylation sites (N-methyl/N-ethyl adjacent to an activating group) is 1. The van der Waals surface area contributed by atoms with Crippen LogP contribution in [0, 0.1) is 0 Å². The highest BCUT2D eigenvalue weighted by molar-refractivity contribution is 8.01. The van der Waals surface area contributed by atoms with E-state index in [0.29, 0.717) is 6.42 Å². The summed E-state index contributed by atoms with van der Waals surface area (Å²) < 4.78 is -0.167. The Kier molecular flexibility index (Phi) is 6.82. The number of thioether (sulfide) groups is 1. The Morgan fingerprint density at radius 2 is 1.80 bits per heavy atom. The monoisotopic (exact) mass is 302 g/mol. The zero-order valence-electron chi connectivity index (χ0n) is 12.7. The van der Waals surface area contributed by atoms with Gasteiger partial charge in [-0.2, -0.15) is 0 Å². The highest BCUT2D eigenvalue weighted by atomic mass is 32.2. The van der Waals surface area contributed by atoms with Crippen LogP contribution in [0.3, 0.4) is 0 Å². The van der Waals surface area contributed by atoms with Gasteiger partial charge in [-0.25, -0.2) is 0 Å². The van der Waals surface area contributed by atoms with Crippen molar-refractivity contribution in [2.45, 2.75) is 38.4 Å². The average molecular weight is 302 g/mol. The van der Waals surface area contributed by atoms with Gasteiger partial charge in [0.2, 0.25) is 5.91 Å². The maximum absolute atomic E-state index is 12.2. The molecule has 0 bridgehead atoms. The SMILES string of the molecule is CCN1CCN(C(=O)CCC(C)(C)SCC(=O)O)CC1. The number of carbonyl (C=O) groups is 2. The zero-order valence-corrected chi connectivity index (χ0v) is 13.5. The summed E-state index contributed by atoms with van der Waals surface area (Å²) in [5.41, 5.74) is 0. The summed E-state index contributed by atoms with van der Waals surface area (Å²) in [4.78, 5) is 27.0. The largest absolute Gasteiger partial charge is 0.481 e. The van der Waals surface area contributed by atoms with E-state index < -0.39 is 5.97 Å². The van der Waals surface area contributed by atoms with Gasteiger partial charge in [-0.1, -0.05) is 20.8 Å². The molecule has 1 aliphatic heterocycles. The molecule has 0 aliphatic carbocycles. The van der Waals surface area contributed by atoms with Gasteiger partial charge in [0.15, 0.2) is 0 Å². The highest BCUT2D eigenvalue weighted by Gasteiger charge is 2.24. The first kappa shape index (κ1) is 17.3. The van der Waals surface area contributed by atoms with Crippen LogP contribution in [0.2, 0.25) is 0 Å². The maximum Gasteiger partial charge on any atom is 0.313 e. The van der Waals surface area contributed by atoms with Gasteiger partial charge < -0.3 is 14.9 Å². The number of piperazine rings is 1. The predicted octanol–water partition coefficient (Wildman–Crippen LogP) is 1.53. The third-order valence-electron chi connectivity index (χ3n) is 3.70. The van der Waals surface area contributed by atoms with Crippen LogP contribution in [0.25, 0.3) is 0 Å². The number of hydrogen-bond acceptors (Lipinski definition) is 4. The lowest BCUT2D eigenvalue weighted by Crippen LogP contribution is -2.48. The number of carbonyl (C=O) groups excluding carboxylic acids is 1. The minimum Gasteiger partial charge on any atom is -0.481 e. The Balaban J connectivity index is 2.30. The molecule has 0 atom stereocenters. The van der Waals surface area contributed by atoms with Crippen molar-refractivity contribution in [2.75, 3.05) is 38.5 Å². The Morgan fingerprint density at radius 1 is 1.20 bits per heavy atom. The molecule has 0 aromatic heterocycles. The molecular formula is C14H26N2O3S. The molecule has 1 aliphatic rings. The number of aliphatic carboxylic acids is 1. The van der Waals surface area contributed by atoms with Crippen LogP contribution in [0.1, 0.15) is 33.6 Å². The first-order valence-electron chi connectivity index (χ1n) is 7.20. The Labute approximate surface area is 125 Å². The van der Waals surface area contributed by atoms with Crippen LogP contribution in [-0.4, -0.2) is 70.0 Å². The number of hydrogen-bond donors (Lipinski definition) is 1.